The molecule has 0 aromatic heterocycles. The van der Waals surface area contributed by atoms with Gasteiger partial charge in [0.05, 0.1) is 19.1 Å². The molecule has 0 amide bonds. The van der Waals surface area contributed by atoms with E-state index in [4.69, 9.17) is 21.1 Å². The summed E-state index contributed by atoms with van der Waals surface area (Å²) < 4.78 is 23.4. The van der Waals surface area contributed by atoms with E-state index in [9.17, 15) is 4.39 Å². The Labute approximate surface area is 106 Å². The second kappa shape index (κ2) is 7.48. The van der Waals surface area contributed by atoms with Gasteiger partial charge in [-0.25, -0.2) is 4.39 Å². The molecule has 1 aromatic rings. The van der Waals surface area contributed by atoms with Crippen LogP contribution in [0.4, 0.5) is 4.39 Å². The van der Waals surface area contributed by atoms with Crippen LogP contribution >= 0.6 is 11.6 Å². The van der Waals surface area contributed by atoms with Crippen LogP contribution in [0.5, 0.6) is 5.75 Å². The molecule has 1 unspecified atom stereocenters. The van der Waals surface area contributed by atoms with Crippen LogP contribution < -0.4 is 10.1 Å². The first-order chi connectivity index (χ1) is 8.17. The summed E-state index contributed by atoms with van der Waals surface area (Å²) in [4.78, 5) is 0. The molecule has 0 aliphatic rings. The van der Waals surface area contributed by atoms with Crippen LogP contribution in [0.15, 0.2) is 18.2 Å². The van der Waals surface area contributed by atoms with Crippen molar-refractivity contribution in [1.82, 2.24) is 5.32 Å². The molecule has 0 heterocycles. The minimum atomic E-state index is -0.283. The predicted molar refractivity (Wildman–Crippen MR) is 66.2 cm³/mol. The molecular weight excluding hydrogens is 245 g/mol. The van der Waals surface area contributed by atoms with Gasteiger partial charge in [-0.1, -0.05) is 6.07 Å². The van der Waals surface area contributed by atoms with Crippen LogP contribution in [0.25, 0.3) is 0 Å². The first-order valence-corrected chi connectivity index (χ1v) is 5.77. The molecule has 0 aliphatic carbocycles. The molecule has 96 valence electrons. The summed E-state index contributed by atoms with van der Waals surface area (Å²) in [7, 11) is 3.11. The highest BCUT2D eigenvalue weighted by Gasteiger charge is 2.06. The van der Waals surface area contributed by atoms with E-state index in [0.717, 1.165) is 0 Å². The standard InChI is InChI=1S/C12H17ClFNO2/c1-16-8-10(13)7-15-6-9-3-4-11(17-2)5-12(9)14/h3-5,10,15H,6-8H2,1-2H3. The van der Waals surface area contributed by atoms with Crippen molar-refractivity contribution in [2.24, 2.45) is 0 Å². The molecule has 3 nitrogen and oxygen atoms in total. The highest BCUT2D eigenvalue weighted by atomic mass is 35.5. The lowest BCUT2D eigenvalue weighted by molar-refractivity contribution is 0.197. The van der Waals surface area contributed by atoms with Crippen LogP contribution in [0, 0.1) is 5.82 Å². The molecule has 5 heteroatoms. The van der Waals surface area contributed by atoms with Gasteiger partial charge < -0.3 is 14.8 Å². The van der Waals surface area contributed by atoms with Crippen molar-refractivity contribution in [3.05, 3.63) is 29.6 Å². The highest BCUT2D eigenvalue weighted by molar-refractivity contribution is 6.20. The van der Waals surface area contributed by atoms with Crippen LogP contribution in [-0.2, 0) is 11.3 Å². The topological polar surface area (TPSA) is 30.5 Å². The van der Waals surface area contributed by atoms with Crippen molar-refractivity contribution in [3.63, 3.8) is 0 Å². The quantitative estimate of drug-likeness (QED) is 0.763. The zero-order valence-electron chi connectivity index (χ0n) is 10.0. The molecule has 0 saturated carbocycles. The van der Waals surface area contributed by atoms with E-state index in [1.54, 1.807) is 19.2 Å². The maximum atomic E-state index is 13.5. The Balaban J connectivity index is 2.41. The number of nitrogens with one attached hydrogen (secondary N) is 1. The molecule has 0 spiro atoms. The lowest BCUT2D eigenvalue weighted by Crippen LogP contribution is -2.26. The van der Waals surface area contributed by atoms with Crippen molar-refractivity contribution < 1.29 is 13.9 Å². The molecular formula is C12H17ClFNO2. The largest absolute Gasteiger partial charge is 0.497 e. The fourth-order valence-corrected chi connectivity index (χ4v) is 1.64. The first-order valence-electron chi connectivity index (χ1n) is 5.33. The van der Waals surface area contributed by atoms with Gasteiger partial charge in [-0.05, 0) is 6.07 Å². The molecule has 0 radical (unpaired) electrons. The Morgan fingerprint density at radius 1 is 1.41 bits per heavy atom. The van der Waals surface area contributed by atoms with Gasteiger partial charge in [0.15, 0.2) is 0 Å². The van der Waals surface area contributed by atoms with Crippen molar-refractivity contribution in [2.75, 3.05) is 27.4 Å². The molecule has 1 aromatic carbocycles. The number of rotatable bonds is 7. The van der Waals surface area contributed by atoms with Crippen molar-refractivity contribution >= 4 is 11.6 Å². The third kappa shape index (κ3) is 4.89. The third-order valence-electron chi connectivity index (χ3n) is 2.29. The lowest BCUT2D eigenvalue weighted by atomic mass is 10.2. The van der Waals surface area contributed by atoms with Gasteiger partial charge in [0.25, 0.3) is 0 Å². The van der Waals surface area contributed by atoms with Crippen molar-refractivity contribution in [3.8, 4) is 5.75 Å². The summed E-state index contributed by atoms with van der Waals surface area (Å²) in [5.41, 5.74) is 0.590. The minimum absolute atomic E-state index is 0.110. The zero-order valence-corrected chi connectivity index (χ0v) is 10.8. The van der Waals surface area contributed by atoms with Gasteiger partial charge in [-0.15, -0.1) is 11.6 Å². The van der Waals surface area contributed by atoms with Gasteiger partial charge >= 0.3 is 0 Å². The van der Waals surface area contributed by atoms with Crippen LogP contribution in [0.1, 0.15) is 5.56 Å². The molecule has 0 fully saturated rings. The summed E-state index contributed by atoms with van der Waals surface area (Å²) in [6.45, 7) is 1.48. The Hall–Kier alpha value is -0.840. The normalized spacial score (nSPS) is 12.5. The van der Waals surface area contributed by atoms with Gasteiger partial charge in [0.2, 0.25) is 0 Å². The van der Waals surface area contributed by atoms with Crippen molar-refractivity contribution in [2.45, 2.75) is 11.9 Å². The van der Waals surface area contributed by atoms with E-state index in [2.05, 4.69) is 5.32 Å². The molecule has 1 atom stereocenters. The summed E-state index contributed by atoms with van der Waals surface area (Å²) in [5.74, 6) is 0.232. The molecule has 1 rings (SSSR count). The molecule has 0 saturated heterocycles. The van der Waals surface area contributed by atoms with Crippen molar-refractivity contribution in [1.29, 1.82) is 0 Å². The van der Waals surface area contributed by atoms with Gasteiger partial charge in [-0.2, -0.15) is 0 Å². The maximum absolute atomic E-state index is 13.5. The summed E-state index contributed by atoms with van der Waals surface area (Å²) in [6.07, 6.45) is 0. The maximum Gasteiger partial charge on any atom is 0.131 e. The third-order valence-corrected chi connectivity index (χ3v) is 2.57. The van der Waals surface area contributed by atoms with E-state index >= 15 is 0 Å². The average molecular weight is 262 g/mol. The van der Waals surface area contributed by atoms with Crippen LogP contribution in [0.2, 0.25) is 0 Å². The second-order valence-corrected chi connectivity index (χ2v) is 4.26. The van der Waals surface area contributed by atoms with E-state index in [-0.39, 0.29) is 11.2 Å². The minimum Gasteiger partial charge on any atom is -0.497 e. The smallest absolute Gasteiger partial charge is 0.131 e. The number of methoxy groups -OCH3 is 2. The molecule has 0 aliphatic heterocycles. The zero-order chi connectivity index (χ0) is 12.7. The fraction of sp³-hybridized carbons (Fsp3) is 0.500. The van der Waals surface area contributed by atoms with Crippen LogP contribution in [-0.4, -0.2) is 32.7 Å². The summed E-state index contributed by atoms with van der Waals surface area (Å²) in [5, 5.41) is 2.96. The SMILES string of the molecule is COCC(Cl)CNCc1ccc(OC)cc1F. The highest BCUT2D eigenvalue weighted by Crippen LogP contribution is 2.15. The molecule has 1 N–H and O–H groups in total. The van der Waals surface area contributed by atoms with Gasteiger partial charge in [-0.3, -0.25) is 0 Å². The number of alkyl halides is 1. The monoisotopic (exact) mass is 261 g/mol. The number of ether oxygens (including phenoxy) is 2. The van der Waals surface area contributed by atoms with E-state index in [1.165, 1.54) is 13.2 Å². The van der Waals surface area contributed by atoms with E-state index in [1.807, 2.05) is 0 Å². The van der Waals surface area contributed by atoms with Crippen LogP contribution in [0.3, 0.4) is 0 Å². The van der Waals surface area contributed by atoms with Gasteiger partial charge in [0, 0.05) is 31.8 Å². The summed E-state index contributed by atoms with van der Waals surface area (Å²) >= 11 is 5.93. The summed E-state index contributed by atoms with van der Waals surface area (Å²) in [6, 6.07) is 4.79. The number of benzene rings is 1. The van der Waals surface area contributed by atoms with Gasteiger partial charge in [0.1, 0.15) is 11.6 Å². The number of hydrogen-bond donors (Lipinski definition) is 1. The molecule has 0 bridgehead atoms. The Morgan fingerprint density at radius 3 is 2.76 bits per heavy atom. The first kappa shape index (κ1) is 14.2. The Kier molecular flexibility index (Phi) is 6.26. The van der Waals surface area contributed by atoms with E-state index in [0.29, 0.717) is 31.0 Å². The fourth-order valence-electron chi connectivity index (χ4n) is 1.40. The number of hydrogen-bond acceptors (Lipinski definition) is 3. The number of halogens is 2. The Bertz CT molecular complexity index is 349. The molecule has 17 heavy (non-hydrogen) atoms. The average Bonchev–Trinajstić information content (AvgIpc) is 2.31. The Morgan fingerprint density at radius 2 is 2.18 bits per heavy atom. The predicted octanol–water partition coefficient (Wildman–Crippen LogP) is 2.18. The van der Waals surface area contributed by atoms with E-state index < -0.39 is 0 Å². The second-order valence-electron chi connectivity index (χ2n) is 3.64. The lowest BCUT2D eigenvalue weighted by Gasteiger charge is -2.10.